The zero-order valence-corrected chi connectivity index (χ0v) is 12.0. The van der Waals surface area contributed by atoms with E-state index in [0.717, 1.165) is 28.3 Å². The first kappa shape index (κ1) is 12.9. The molecule has 0 aliphatic carbocycles. The Hall–Kier alpha value is -2.82. The summed E-state index contributed by atoms with van der Waals surface area (Å²) in [6, 6.07) is 12.9. The molecule has 1 N–H and O–H groups in total. The molecule has 0 saturated heterocycles. The summed E-state index contributed by atoms with van der Waals surface area (Å²) in [6.07, 6.45) is 0. The summed E-state index contributed by atoms with van der Waals surface area (Å²) < 4.78 is 10.8. The number of benzodiazepines with no additional fused rings is 1. The molecule has 0 saturated carbocycles. The fourth-order valence-electron chi connectivity index (χ4n) is 2.63. The molecule has 2 aromatic rings. The molecule has 4 rings (SSSR count). The van der Waals surface area contributed by atoms with E-state index in [4.69, 9.17) is 9.47 Å². The first-order valence-electron chi connectivity index (χ1n) is 7.10. The van der Waals surface area contributed by atoms with E-state index in [2.05, 4.69) is 10.3 Å². The number of aliphatic imine (C=N–C) groups is 1. The Balaban J connectivity index is 1.88. The van der Waals surface area contributed by atoms with Crippen LogP contribution in [0.4, 0.5) is 5.69 Å². The molecule has 2 aromatic carbocycles. The van der Waals surface area contributed by atoms with Crippen LogP contribution in [0.2, 0.25) is 0 Å². The summed E-state index contributed by atoms with van der Waals surface area (Å²) >= 11 is 0. The molecule has 5 nitrogen and oxygen atoms in total. The van der Waals surface area contributed by atoms with Gasteiger partial charge in [-0.3, -0.25) is 9.79 Å². The van der Waals surface area contributed by atoms with Gasteiger partial charge in [-0.15, -0.1) is 0 Å². The van der Waals surface area contributed by atoms with E-state index in [9.17, 15) is 4.79 Å². The van der Waals surface area contributed by atoms with Crippen molar-refractivity contribution in [3.05, 3.63) is 53.6 Å². The third-order valence-electron chi connectivity index (χ3n) is 3.79. The number of hydrogen-bond acceptors (Lipinski definition) is 4. The fraction of sp³-hybridized carbons (Fsp3) is 0.176. The standard InChI is InChI=1S/C17H14N2O3/c1-10-17(20)19-13-5-3-2-4-12(13)16(18-10)11-6-7-14-15(8-11)22-9-21-14/h2-8,10H,9H2,1H3,(H,19,20). The normalized spacial score (nSPS) is 19.0. The van der Waals surface area contributed by atoms with Gasteiger partial charge in [-0.2, -0.15) is 0 Å². The lowest BCUT2D eigenvalue weighted by Gasteiger charge is -2.10. The van der Waals surface area contributed by atoms with Gasteiger partial charge in [-0.1, -0.05) is 18.2 Å². The molecular formula is C17H14N2O3. The second kappa shape index (κ2) is 4.87. The molecule has 0 bridgehead atoms. The van der Waals surface area contributed by atoms with Gasteiger partial charge in [-0.05, 0) is 31.2 Å². The maximum atomic E-state index is 12.1. The quantitative estimate of drug-likeness (QED) is 0.879. The summed E-state index contributed by atoms with van der Waals surface area (Å²) in [5.41, 5.74) is 3.35. The second-order valence-electron chi connectivity index (χ2n) is 5.26. The molecule has 0 fully saturated rings. The van der Waals surface area contributed by atoms with Crippen LogP contribution < -0.4 is 14.8 Å². The third-order valence-corrected chi connectivity index (χ3v) is 3.79. The number of anilines is 1. The summed E-state index contributed by atoms with van der Waals surface area (Å²) in [5.74, 6) is 1.32. The molecule has 110 valence electrons. The van der Waals surface area contributed by atoms with Crippen LogP contribution >= 0.6 is 0 Å². The molecular weight excluding hydrogens is 280 g/mol. The number of benzene rings is 2. The van der Waals surface area contributed by atoms with E-state index in [-0.39, 0.29) is 12.7 Å². The highest BCUT2D eigenvalue weighted by Crippen LogP contribution is 2.34. The highest BCUT2D eigenvalue weighted by atomic mass is 16.7. The maximum absolute atomic E-state index is 12.1. The van der Waals surface area contributed by atoms with Crippen molar-refractivity contribution in [3.63, 3.8) is 0 Å². The Bertz CT molecular complexity index is 798. The zero-order chi connectivity index (χ0) is 15.1. The molecule has 0 aromatic heterocycles. The lowest BCUT2D eigenvalue weighted by atomic mass is 10.00. The van der Waals surface area contributed by atoms with Crippen LogP contribution in [0.1, 0.15) is 18.1 Å². The average molecular weight is 294 g/mol. The van der Waals surface area contributed by atoms with E-state index in [0.29, 0.717) is 5.75 Å². The van der Waals surface area contributed by atoms with E-state index >= 15 is 0 Å². The Kier molecular flexibility index (Phi) is 2.85. The summed E-state index contributed by atoms with van der Waals surface area (Å²) in [7, 11) is 0. The number of para-hydroxylation sites is 1. The average Bonchev–Trinajstić information content (AvgIpc) is 2.95. The van der Waals surface area contributed by atoms with Gasteiger partial charge in [0.05, 0.1) is 11.4 Å². The SMILES string of the molecule is CC1N=C(c2ccc3c(c2)OCO3)c2ccccc2NC1=O. The molecule has 2 heterocycles. The van der Waals surface area contributed by atoms with Gasteiger partial charge < -0.3 is 14.8 Å². The van der Waals surface area contributed by atoms with Gasteiger partial charge >= 0.3 is 0 Å². The van der Waals surface area contributed by atoms with Crippen molar-refractivity contribution >= 4 is 17.3 Å². The minimum absolute atomic E-state index is 0.108. The van der Waals surface area contributed by atoms with Gasteiger partial charge in [0.15, 0.2) is 11.5 Å². The van der Waals surface area contributed by atoms with Gasteiger partial charge in [0, 0.05) is 11.1 Å². The van der Waals surface area contributed by atoms with Crippen LogP contribution in [0, 0.1) is 0 Å². The molecule has 0 spiro atoms. The van der Waals surface area contributed by atoms with Crippen LogP contribution in [-0.2, 0) is 4.79 Å². The molecule has 2 aliphatic rings. The van der Waals surface area contributed by atoms with Crippen LogP contribution in [0.15, 0.2) is 47.5 Å². The molecule has 1 amide bonds. The van der Waals surface area contributed by atoms with Crippen LogP contribution in [0.5, 0.6) is 11.5 Å². The first-order valence-corrected chi connectivity index (χ1v) is 7.10. The van der Waals surface area contributed by atoms with Gasteiger partial charge in [0.1, 0.15) is 6.04 Å². The van der Waals surface area contributed by atoms with Crippen molar-refractivity contribution in [3.8, 4) is 11.5 Å². The maximum Gasteiger partial charge on any atom is 0.248 e. The zero-order valence-electron chi connectivity index (χ0n) is 12.0. The van der Waals surface area contributed by atoms with Crippen LogP contribution in [-0.4, -0.2) is 24.5 Å². The first-order chi connectivity index (χ1) is 10.7. The topological polar surface area (TPSA) is 59.9 Å². The Morgan fingerprint density at radius 2 is 1.95 bits per heavy atom. The van der Waals surface area contributed by atoms with Crippen molar-refractivity contribution in [2.45, 2.75) is 13.0 Å². The van der Waals surface area contributed by atoms with Crippen molar-refractivity contribution in [1.29, 1.82) is 0 Å². The summed E-state index contributed by atoms with van der Waals surface area (Å²) in [6.45, 7) is 2.02. The summed E-state index contributed by atoms with van der Waals surface area (Å²) in [4.78, 5) is 16.7. The van der Waals surface area contributed by atoms with Gasteiger partial charge in [-0.25, -0.2) is 0 Å². The number of hydrogen-bond donors (Lipinski definition) is 1. The highest BCUT2D eigenvalue weighted by molar-refractivity contribution is 6.19. The van der Waals surface area contributed by atoms with Gasteiger partial charge in [0.2, 0.25) is 12.7 Å². The number of rotatable bonds is 1. The largest absolute Gasteiger partial charge is 0.454 e. The van der Waals surface area contributed by atoms with E-state index in [1.54, 1.807) is 6.92 Å². The number of carbonyl (C=O) groups is 1. The number of fused-ring (bicyclic) bond motifs is 2. The molecule has 1 unspecified atom stereocenters. The number of carbonyl (C=O) groups excluding carboxylic acids is 1. The van der Waals surface area contributed by atoms with Crippen LogP contribution in [0.25, 0.3) is 0 Å². The predicted molar refractivity (Wildman–Crippen MR) is 82.7 cm³/mol. The Morgan fingerprint density at radius 3 is 2.86 bits per heavy atom. The van der Waals surface area contributed by atoms with E-state index in [1.807, 2.05) is 42.5 Å². The second-order valence-corrected chi connectivity index (χ2v) is 5.26. The number of nitrogens with one attached hydrogen (secondary N) is 1. The monoisotopic (exact) mass is 294 g/mol. The Morgan fingerprint density at radius 1 is 1.14 bits per heavy atom. The number of amides is 1. The number of nitrogens with zero attached hydrogens (tertiary/aromatic N) is 1. The lowest BCUT2D eigenvalue weighted by molar-refractivity contribution is -0.116. The summed E-state index contributed by atoms with van der Waals surface area (Å²) in [5, 5.41) is 2.91. The number of ether oxygens (including phenoxy) is 2. The minimum Gasteiger partial charge on any atom is -0.454 e. The van der Waals surface area contributed by atoms with Gasteiger partial charge in [0.25, 0.3) is 0 Å². The fourth-order valence-corrected chi connectivity index (χ4v) is 2.63. The predicted octanol–water partition coefficient (Wildman–Crippen LogP) is 2.59. The minimum atomic E-state index is -0.451. The highest BCUT2D eigenvalue weighted by Gasteiger charge is 2.23. The van der Waals surface area contributed by atoms with E-state index in [1.165, 1.54) is 0 Å². The van der Waals surface area contributed by atoms with E-state index < -0.39 is 6.04 Å². The molecule has 5 heteroatoms. The smallest absolute Gasteiger partial charge is 0.248 e. The third kappa shape index (κ3) is 2.02. The lowest BCUT2D eigenvalue weighted by Crippen LogP contribution is -2.22. The van der Waals surface area contributed by atoms with Crippen molar-refractivity contribution in [2.75, 3.05) is 12.1 Å². The molecule has 0 radical (unpaired) electrons. The van der Waals surface area contributed by atoms with Crippen molar-refractivity contribution in [1.82, 2.24) is 0 Å². The molecule has 22 heavy (non-hydrogen) atoms. The Labute approximate surface area is 127 Å². The van der Waals surface area contributed by atoms with Crippen molar-refractivity contribution < 1.29 is 14.3 Å². The molecule has 2 aliphatic heterocycles. The molecule has 1 atom stereocenters. The van der Waals surface area contributed by atoms with Crippen LogP contribution in [0.3, 0.4) is 0 Å². The van der Waals surface area contributed by atoms with Crippen molar-refractivity contribution in [2.24, 2.45) is 4.99 Å².